The van der Waals surface area contributed by atoms with Gasteiger partial charge in [0.1, 0.15) is 5.75 Å². The Hall–Kier alpha value is -2.69. The highest BCUT2D eigenvalue weighted by atomic mass is 16.5. The van der Waals surface area contributed by atoms with Crippen LogP contribution in [0.15, 0.2) is 36.4 Å². The van der Waals surface area contributed by atoms with Crippen LogP contribution in [0.25, 0.3) is 0 Å². The number of cyclic esters (lactones) is 1. The number of hydrogen-bond acceptors (Lipinski definition) is 5. The Kier molecular flexibility index (Phi) is 7.32. The zero-order chi connectivity index (χ0) is 19.4. The maximum Gasteiger partial charge on any atom is 0.309 e. The van der Waals surface area contributed by atoms with Gasteiger partial charge in [-0.3, -0.25) is 4.79 Å². The number of benzene rings is 2. The van der Waals surface area contributed by atoms with Crippen LogP contribution in [0.3, 0.4) is 0 Å². The first-order valence-corrected chi connectivity index (χ1v) is 9.06. The summed E-state index contributed by atoms with van der Waals surface area (Å²) < 4.78 is 21.5. The van der Waals surface area contributed by atoms with Gasteiger partial charge in [-0.05, 0) is 54.7 Å². The third-order valence-electron chi connectivity index (χ3n) is 5.19. The summed E-state index contributed by atoms with van der Waals surface area (Å²) in [6.45, 7) is 2.45. The number of rotatable bonds is 7. The Morgan fingerprint density at radius 1 is 0.893 bits per heavy atom. The Morgan fingerprint density at radius 3 is 2.18 bits per heavy atom. The van der Waals surface area contributed by atoms with E-state index in [0.29, 0.717) is 24.5 Å². The van der Waals surface area contributed by atoms with Crippen molar-refractivity contribution in [2.24, 2.45) is 11.8 Å². The van der Waals surface area contributed by atoms with Crippen LogP contribution in [0.4, 0.5) is 0 Å². The predicted molar refractivity (Wildman–Crippen MR) is 109 cm³/mol. The Morgan fingerprint density at radius 2 is 1.50 bits per heavy atom. The molecule has 0 spiro atoms. The highest BCUT2D eigenvalue weighted by Gasteiger charge is 2.37. The van der Waals surface area contributed by atoms with E-state index in [9.17, 15) is 4.79 Å². The molecule has 0 saturated carbocycles. The lowest BCUT2D eigenvalue weighted by atomic mass is 9.85. The lowest BCUT2D eigenvalue weighted by Crippen LogP contribution is -2.20. The number of esters is 1. The fourth-order valence-corrected chi connectivity index (χ4v) is 3.61. The summed E-state index contributed by atoms with van der Waals surface area (Å²) in [4.78, 5) is 12.3. The minimum Gasteiger partial charge on any atom is -0.496 e. The molecule has 0 N–H and O–H groups in total. The molecule has 0 aliphatic carbocycles. The molecule has 2 atom stereocenters. The molecule has 3 rings (SSSR count). The van der Waals surface area contributed by atoms with Crippen molar-refractivity contribution in [3.8, 4) is 17.2 Å². The van der Waals surface area contributed by atoms with Gasteiger partial charge in [0.15, 0.2) is 11.5 Å². The quantitative estimate of drug-likeness (QED) is 0.667. The van der Waals surface area contributed by atoms with Crippen LogP contribution in [-0.2, 0) is 22.4 Å². The maximum absolute atomic E-state index is 12.3. The molecule has 1 aliphatic rings. The van der Waals surface area contributed by atoms with E-state index >= 15 is 0 Å². The van der Waals surface area contributed by atoms with E-state index in [1.807, 2.05) is 37.3 Å². The molecule has 0 amide bonds. The van der Waals surface area contributed by atoms with E-state index < -0.39 is 0 Å². The van der Waals surface area contributed by atoms with Crippen molar-refractivity contribution >= 4 is 5.97 Å². The van der Waals surface area contributed by atoms with Crippen LogP contribution in [0, 0.1) is 18.8 Å². The molecular formula is C23H30O5. The standard InChI is InChI=1S/C22H26O5.CH4/c1-14-5-6-16(11-20(14)25-3)10-18-17(13-27-22(18)23)9-15-7-8-19(24-2)21(12-15)26-4;/h5-8,11-12,17-18H,9-10,13H2,1-4H3;1H4. The molecule has 0 bridgehead atoms. The van der Waals surface area contributed by atoms with Crippen LogP contribution >= 0.6 is 0 Å². The second kappa shape index (κ2) is 9.49. The molecule has 5 nitrogen and oxygen atoms in total. The molecule has 2 aromatic rings. The van der Waals surface area contributed by atoms with Gasteiger partial charge in [-0.2, -0.15) is 0 Å². The third-order valence-corrected chi connectivity index (χ3v) is 5.19. The average molecular weight is 386 g/mol. The van der Waals surface area contributed by atoms with E-state index in [-0.39, 0.29) is 25.2 Å². The first kappa shape index (κ1) is 21.6. The summed E-state index contributed by atoms with van der Waals surface area (Å²) in [5, 5.41) is 0. The molecule has 28 heavy (non-hydrogen) atoms. The number of carbonyl (C=O) groups is 1. The van der Waals surface area contributed by atoms with Crippen molar-refractivity contribution in [2.75, 3.05) is 27.9 Å². The molecule has 0 radical (unpaired) electrons. The molecule has 1 heterocycles. The van der Waals surface area contributed by atoms with Crippen molar-refractivity contribution in [3.05, 3.63) is 53.1 Å². The van der Waals surface area contributed by atoms with Crippen LogP contribution in [0.2, 0.25) is 0 Å². The normalized spacial score (nSPS) is 18.2. The van der Waals surface area contributed by atoms with Crippen molar-refractivity contribution in [1.29, 1.82) is 0 Å². The zero-order valence-corrected chi connectivity index (χ0v) is 16.3. The van der Waals surface area contributed by atoms with Crippen LogP contribution in [0.1, 0.15) is 24.1 Å². The number of ether oxygens (including phenoxy) is 4. The van der Waals surface area contributed by atoms with Gasteiger partial charge < -0.3 is 18.9 Å². The van der Waals surface area contributed by atoms with Gasteiger partial charge in [-0.25, -0.2) is 0 Å². The summed E-state index contributed by atoms with van der Waals surface area (Å²) in [6.07, 6.45) is 1.40. The lowest BCUT2D eigenvalue weighted by molar-refractivity contribution is -0.141. The van der Waals surface area contributed by atoms with E-state index in [1.54, 1.807) is 21.3 Å². The number of carbonyl (C=O) groups excluding carboxylic acids is 1. The predicted octanol–water partition coefficient (Wildman–Crippen LogP) is 4.23. The number of methoxy groups -OCH3 is 3. The summed E-state index contributed by atoms with van der Waals surface area (Å²) >= 11 is 0. The SMILES string of the molecule is C.COc1cc(CC2C(=O)OCC2Cc2ccc(OC)c(OC)c2)ccc1C. The lowest BCUT2D eigenvalue weighted by Gasteiger charge is -2.17. The Balaban J connectivity index is 0.00000280. The minimum absolute atomic E-state index is 0. The summed E-state index contributed by atoms with van der Waals surface area (Å²) in [7, 11) is 4.90. The first-order chi connectivity index (χ1) is 13.0. The van der Waals surface area contributed by atoms with Crippen LogP contribution < -0.4 is 14.2 Å². The molecule has 1 saturated heterocycles. The van der Waals surface area contributed by atoms with Crippen molar-refractivity contribution in [1.82, 2.24) is 0 Å². The van der Waals surface area contributed by atoms with Gasteiger partial charge in [0, 0.05) is 5.92 Å². The van der Waals surface area contributed by atoms with E-state index in [1.165, 1.54) is 0 Å². The highest BCUT2D eigenvalue weighted by Crippen LogP contribution is 2.33. The van der Waals surface area contributed by atoms with Gasteiger partial charge in [0.05, 0.1) is 33.9 Å². The van der Waals surface area contributed by atoms with Crippen LogP contribution in [-0.4, -0.2) is 33.9 Å². The Bertz CT molecular complexity index is 815. The largest absolute Gasteiger partial charge is 0.496 e. The van der Waals surface area contributed by atoms with Crippen LogP contribution in [0.5, 0.6) is 17.2 Å². The monoisotopic (exact) mass is 386 g/mol. The molecule has 152 valence electrons. The van der Waals surface area contributed by atoms with Gasteiger partial charge >= 0.3 is 5.97 Å². The average Bonchev–Trinajstić information content (AvgIpc) is 3.02. The molecular weight excluding hydrogens is 356 g/mol. The fraction of sp³-hybridized carbons (Fsp3) is 0.435. The topological polar surface area (TPSA) is 54.0 Å². The van der Waals surface area contributed by atoms with E-state index in [2.05, 4.69) is 6.07 Å². The van der Waals surface area contributed by atoms with Crippen molar-refractivity contribution < 1.29 is 23.7 Å². The van der Waals surface area contributed by atoms with Gasteiger partial charge in [0.25, 0.3) is 0 Å². The summed E-state index contributed by atoms with van der Waals surface area (Å²) in [6, 6.07) is 12.0. The minimum atomic E-state index is -0.162. The number of aryl methyl sites for hydroxylation is 1. The smallest absolute Gasteiger partial charge is 0.309 e. The highest BCUT2D eigenvalue weighted by molar-refractivity contribution is 5.75. The first-order valence-electron chi connectivity index (χ1n) is 9.06. The Labute approximate surface area is 167 Å². The van der Waals surface area contributed by atoms with Gasteiger partial charge in [-0.15, -0.1) is 0 Å². The second-order valence-corrected chi connectivity index (χ2v) is 6.90. The van der Waals surface area contributed by atoms with Crippen molar-refractivity contribution in [3.63, 3.8) is 0 Å². The molecule has 1 aliphatic heterocycles. The zero-order valence-electron chi connectivity index (χ0n) is 16.3. The fourth-order valence-electron chi connectivity index (χ4n) is 3.61. The maximum atomic E-state index is 12.3. The summed E-state index contributed by atoms with van der Waals surface area (Å²) in [5.41, 5.74) is 3.26. The third kappa shape index (κ3) is 4.58. The van der Waals surface area contributed by atoms with Gasteiger partial charge in [-0.1, -0.05) is 25.6 Å². The van der Waals surface area contributed by atoms with Gasteiger partial charge in [0.2, 0.25) is 0 Å². The molecule has 5 heteroatoms. The van der Waals surface area contributed by atoms with Crippen molar-refractivity contribution in [2.45, 2.75) is 27.2 Å². The molecule has 1 fully saturated rings. The second-order valence-electron chi connectivity index (χ2n) is 6.90. The summed E-state index contributed by atoms with van der Waals surface area (Å²) in [5.74, 6) is 2.08. The molecule has 0 aromatic heterocycles. The van der Waals surface area contributed by atoms with E-state index in [0.717, 1.165) is 28.9 Å². The number of hydrogen-bond donors (Lipinski definition) is 0. The molecule has 2 unspecified atom stereocenters. The van der Waals surface area contributed by atoms with E-state index in [4.69, 9.17) is 18.9 Å². The molecule has 2 aromatic carbocycles.